The van der Waals surface area contributed by atoms with Crippen LogP contribution in [0.1, 0.15) is 31.9 Å². The molecule has 1 atom stereocenters. The first-order valence-electron chi connectivity index (χ1n) is 11.3. The van der Waals surface area contributed by atoms with Gasteiger partial charge in [-0.25, -0.2) is 13.8 Å². The SMILES string of the molecule is CC1=CC(OCc2ccc(F)cc2F)=CCN1c1cc(N2C=CC=C(C(C)(C)O)C2Cl)ncc1C. The number of allylic oxidation sites excluding steroid dienone is 4. The highest BCUT2D eigenvalue weighted by Crippen LogP contribution is 2.35. The molecule has 8 heteroatoms. The van der Waals surface area contributed by atoms with E-state index in [0.717, 1.165) is 23.0 Å². The van der Waals surface area contributed by atoms with Gasteiger partial charge in [-0.15, -0.1) is 0 Å². The van der Waals surface area contributed by atoms with Crippen molar-refractivity contribution < 1.29 is 18.6 Å². The number of benzene rings is 1. The van der Waals surface area contributed by atoms with Crippen LogP contribution in [0.3, 0.4) is 0 Å². The summed E-state index contributed by atoms with van der Waals surface area (Å²) < 4.78 is 32.8. The van der Waals surface area contributed by atoms with E-state index in [4.69, 9.17) is 16.3 Å². The Morgan fingerprint density at radius 2 is 2.00 bits per heavy atom. The van der Waals surface area contributed by atoms with Gasteiger partial charge in [0.15, 0.2) is 0 Å². The van der Waals surface area contributed by atoms with Gasteiger partial charge in [0.25, 0.3) is 0 Å². The first-order chi connectivity index (χ1) is 16.5. The van der Waals surface area contributed by atoms with Crippen molar-refractivity contribution in [1.29, 1.82) is 0 Å². The lowest BCUT2D eigenvalue weighted by atomic mass is 9.95. The van der Waals surface area contributed by atoms with E-state index in [9.17, 15) is 13.9 Å². The topological polar surface area (TPSA) is 48.8 Å². The van der Waals surface area contributed by atoms with E-state index in [1.165, 1.54) is 12.1 Å². The number of alkyl halides is 1. The Hall–Kier alpha value is -3.16. The number of rotatable bonds is 6. The minimum Gasteiger partial charge on any atom is -0.489 e. The average molecular weight is 500 g/mol. The van der Waals surface area contributed by atoms with Crippen LogP contribution in [-0.4, -0.2) is 27.7 Å². The van der Waals surface area contributed by atoms with Gasteiger partial charge in [0.05, 0.1) is 5.60 Å². The van der Waals surface area contributed by atoms with Crippen LogP contribution in [0, 0.1) is 18.6 Å². The van der Waals surface area contributed by atoms with Gasteiger partial charge >= 0.3 is 0 Å². The minimum absolute atomic E-state index is 0.00955. The van der Waals surface area contributed by atoms with Gasteiger partial charge in [0.1, 0.15) is 35.3 Å². The smallest absolute Gasteiger partial charge is 0.136 e. The fourth-order valence-electron chi connectivity index (χ4n) is 4.02. The van der Waals surface area contributed by atoms with Gasteiger partial charge in [0, 0.05) is 48.0 Å². The molecule has 4 rings (SSSR count). The molecular weight excluding hydrogens is 472 g/mol. The molecule has 1 N–H and O–H groups in total. The number of aryl methyl sites for hydroxylation is 1. The molecule has 35 heavy (non-hydrogen) atoms. The molecular formula is C27H28ClF2N3O2. The van der Waals surface area contributed by atoms with Crippen molar-refractivity contribution in [3.05, 3.63) is 101 Å². The van der Waals surface area contributed by atoms with E-state index in [-0.39, 0.29) is 6.61 Å². The van der Waals surface area contributed by atoms with Gasteiger partial charge < -0.3 is 19.6 Å². The van der Waals surface area contributed by atoms with Gasteiger partial charge in [0.2, 0.25) is 0 Å². The molecule has 0 bridgehead atoms. The van der Waals surface area contributed by atoms with Crippen molar-refractivity contribution in [1.82, 2.24) is 4.98 Å². The molecule has 2 aromatic rings. The van der Waals surface area contributed by atoms with E-state index in [2.05, 4.69) is 9.88 Å². The highest BCUT2D eigenvalue weighted by Gasteiger charge is 2.32. The van der Waals surface area contributed by atoms with Crippen LogP contribution in [-0.2, 0) is 11.3 Å². The Bertz CT molecular complexity index is 1250. The average Bonchev–Trinajstić information content (AvgIpc) is 2.79. The van der Waals surface area contributed by atoms with Crippen molar-refractivity contribution in [2.24, 2.45) is 0 Å². The lowest BCUT2D eigenvalue weighted by Gasteiger charge is -2.35. The zero-order valence-electron chi connectivity index (χ0n) is 20.1. The van der Waals surface area contributed by atoms with Crippen molar-refractivity contribution in [3.8, 4) is 0 Å². The van der Waals surface area contributed by atoms with Crippen molar-refractivity contribution in [2.45, 2.75) is 45.4 Å². The van der Waals surface area contributed by atoms with Crippen LogP contribution in [0.25, 0.3) is 0 Å². The van der Waals surface area contributed by atoms with Crippen molar-refractivity contribution in [2.75, 3.05) is 16.3 Å². The molecule has 0 amide bonds. The van der Waals surface area contributed by atoms with E-state index in [1.54, 1.807) is 20.0 Å². The molecule has 0 spiro atoms. The molecule has 0 aliphatic carbocycles. The number of halogens is 3. The first-order valence-corrected chi connectivity index (χ1v) is 11.7. The lowest BCUT2D eigenvalue weighted by molar-refractivity contribution is 0.116. The number of ether oxygens (including phenoxy) is 1. The Balaban J connectivity index is 1.51. The number of nitrogens with zero attached hydrogens (tertiary/aromatic N) is 3. The van der Waals surface area contributed by atoms with Crippen LogP contribution in [0.5, 0.6) is 0 Å². The van der Waals surface area contributed by atoms with E-state index in [0.29, 0.717) is 29.3 Å². The maximum Gasteiger partial charge on any atom is 0.136 e. The third kappa shape index (κ3) is 5.41. The summed E-state index contributed by atoms with van der Waals surface area (Å²) in [5.41, 5.74) is 2.22. The lowest BCUT2D eigenvalue weighted by Crippen LogP contribution is -2.39. The van der Waals surface area contributed by atoms with E-state index < -0.39 is 22.7 Å². The maximum atomic E-state index is 13.9. The third-order valence-electron chi connectivity index (χ3n) is 6.01. The van der Waals surface area contributed by atoms with Crippen LogP contribution in [0.15, 0.2) is 78.0 Å². The largest absolute Gasteiger partial charge is 0.489 e. The summed E-state index contributed by atoms with van der Waals surface area (Å²) in [6.07, 6.45) is 11.1. The van der Waals surface area contributed by atoms with Crippen molar-refractivity contribution in [3.63, 3.8) is 0 Å². The molecule has 0 fully saturated rings. The fourth-order valence-corrected chi connectivity index (χ4v) is 4.53. The molecule has 1 aromatic heterocycles. The summed E-state index contributed by atoms with van der Waals surface area (Å²) in [7, 11) is 0. The third-order valence-corrected chi connectivity index (χ3v) is 6.45. The molecule has 0 radical (unpaired) electrons. The minimum atomic E-state index is -1.06. The Kier molecular flexibility index (Phi) is 7.01. The number of pyridine rings is 1. The number of hydrogen-bond donors (Lipinski definition) is 1. The van der Waals surface area contributed by atoms with Gasteiger partial charge in [-0.05, 0) is 69.2 Å². The number of hydrogen-bond acceptors (Lipinski definition) is 5. The second-order valence-electron chi connectivity index (χ2n) is 9.12. The molecule has 3 heterocycles. The Morgan fingerprint density at radius 3 is 2.69 bits per heavy atom. The molecule has 0 saturated heterocycles. The molecule has 5 nitrogen and oxygen atoms in total. The van der Waals surface area contributed by atoms with Gasteiger partial charge in [-0.3, -0.25) is 0 Å². The van der Waals surface area contributed by atoms with Gasteiger partial charge in [-0.1, -0.05) is 17.7 Å². The zero-order valence-corrected chi connectivity index (χ0v) is 20.9. The van der Waals surface area contributed by atoms with Crippen LogP contribution < -0.4 is 9.80 Å². The predicted molar refractivity (Wildman–Crippen MR) is 135 cm³/mol. The van der Waals surface area contributed by atoms with E-state index >= 15 is 0 Å². The number of aliphatic hydroxyl groups is 1. The van der Waals surface area contributed by atoms with Crippen LogP contribution >= 0.6 is 11.6 Å². The highest BCUT2D eigenvalue weighted by molar-refractivity contribution is 6.24. The van der Waals surface area contributed by atoms with Crippen LogP contribution in [0.2, 0.25) is 0 Å². The Morgan fingerprint density at radius 1 is 1.23 bits per heavy atom. The molecule has 2 aliphatic heterocycles. The summed E-state index contributed by atoms with van der Waals surface area (Å²) in [5, 5.41) is 10.5. The normalized spacial score (nSPS) is 18.3. The second kappa shape index (κ2) is 9.84. The summed E-state index contributed by atoms with van der Waals surface area (Å²) in [6.45, 7) is 7.92. The predicted octanol–water partition coefficient (Wildman–Crippen LogP) is 6.09. The summed E-state index contributed by atoms with van der Waals surface area (Å²) in [5.74, 6) is 0.0292. The van der Waals surface area contributed by atoms with Crippen molar-refractivity contribution >= 4 is 23.1 Å². The molecule has 2 aliphatic rings. The molecule has 184 valence electrons. The summed E-state index contributed by atoms with van der Waals surface area (Å²) >= 11 is 6.71. The molecule has 0 saturated carbocycles. The Labute approximate surface area is 209 Å². The first kappa shape index (κ1) is 24.9. The fraction of sp³-hybridized carbons (Fsp3) is 0.296. The zero-order chi connectivity index (χ0) is 25.3. The molecule has 1 unspecified atom stereocenters. The number of aromatic nitrogens is 1. The van der Waals surface area contributed by atoms with Crippen LogP contribution in [0.4, 0.5) is 20.3 Å². The summed E-state index contributed by atoms with van der Waals surface area (Å²) in [6, 6.07) is 5.42. The monoisotopic (exact) mass is 499 g/mol. The quantitative estimate of drug-likeness (QED) is 0.385. The second-order valence-corrected chi connectivity index (χ2v) is 9.54. The molecule has 1 aromatic carbocycles. The summed E-state index contributed by atoms with van der Waals surface area (Å²) in [4.78, 5) is 8.52. The maximum absolute atomic E-state index is 13.9. The standard InChI is InChI=1S/C27H28ClF2N3O2/c1-17-15-31-25(33-10-5-6-22(26(33)28)27(3,4)34)14-24(17)32-11-9-21(12-18(32)2)35-16-19-7-8-20(29)13-23(19)30/h5-10,12-15,26,34H,11,16H2,1-4H3. The number of anilines is 2. The van der Waals surface area contributed by atoms with Gasteiger partial charge in [-0.2, -0.15) is 0 Å². The highest BCUT2D eigenvalue weighted by atomic mass is 35.5. The van der Waals surface area contributed by atoms with E-state index in [1.807, 2.05) is 55.3 Å².